The SMILES string of the molecule is COc1cccc(CN(C)CC(=O)Nc2ccc(NC(C)=O)cc2)c1OC. The summed E-state index contributed by atoms with van der Waals surface area (Å²) in [6.45, 7) is 2.20. The lowest BCUT2D eigenvalue weighted by Crippen LogP contribution is -2.30. The first-order valence-electron chi connectivity index (χ1n) is 8.49. The molecule has 144 valence electrons. The van der Waals surface area contributed by atoms with Gasteiger partial charge in [0.15, 0.2) is 11.5 Å². The summed E-state index contributed by atoms with van der Waals surface area (Å²) in [6, 6.07) is 12.6. The summed E-state index contributed by atoms with van der Waals surface area (Å²) in [5.41, 5.74) is 2.29. The quantitative estimate of drug-likeness (QED) is 0.746. The van der Waals surface area contributed by atoms with Gasteiger partial charge in [0, 0.05) is 30.4 Å². The highest BCUT2D eigenvalue weighted by Gasteiger charge is 2.13. The molecule has 0 fully saturated rings. The number of carbonyl (C=O) groups excluding carboxylic acids is 2. The van der Waals surface area contributed by atoms with Gasteiger partial charge in [-0.2, -0.15) is 0 Å². The maximum Gasteiger partial charge on any atom is 0.238 e. The fourth-order valence-corrected chi connectivity index (χ4v) is 2.71. The maximum atomic E-state index is 12.3. The monoisotopic (exact) mass is 371 g/mol. The normalized spacial score (nSPS) is 10.4. The van der Waals surface area contributed by atoms with E-state index in [0.717, 1.165) is 5.56 Å². The fraction of sp³-hybridized carbons (Fsp3) is 0.300. The van der Waals surface area contributed by atoms with Crippen molar-refractivity contribution < 1.29 is 19.1 Å². The highest BCUT2D eigenvalue weighted by atomic mass is 16.5. The summed E-state index contributed by atoms with van der Waals surface area (Å²) in [4.78, 5) is 25.2. The minimum Gasteiger partial charge on any atom is -0.493 e. The molecule has 0 unspecified atom stereocenters. The van der Waals surface area contributed by atoms with Crippen LogP contribution in [0.4, 0.5) is 11.4 Å². The average molecular weight is 371 g/mol. The molecule has 0 heterocycles. The molecule has 2 aromatic rings. The van der Waals surface area contributed by atoms with Crippen molar-refractivity contribution in [2.24, 2.45) is 0 Å². The van der Waals surface area contributed by atoms with Crippen molar-refractivity contribution in [3.05, 3.63) is 48.0 Å². The lowest BCUT2D eigenvalue weighted by molar-refractivity contribution is -0.117. The van der Waals surface area contributed by atoms with Crippen LogP contribution in [-0.2, 0) is 16.1 Å². The van der Waals surface area contributed by atoms with Crippen LogP contribution >= 0.6 is 0 Å². The van der Waals surface area contributed by atoms with Crippen molar-refractivity contribution in [3.63, 3.8) is 0 Å². The Morgan fingerprint density at radius 1 is 0.963 bits per heavy atom. The number of likely N-dealkylation sites (N-methyl/N-ethyl adjacent to an activating group) is 1. The van der Waals surface area contributed by atoms with E-state index in [2.05, 4.69) is 10.6 Å². The number of ether oxygens (including phenoxy) is 2. The molecular weight excluding hydrogens is 346 g/mol. The minimum absolute atomic E-state index is 0.133. The molecule has 0 aliphatic heterocycles. The van der Waals surface area contributed by atoms with Crippen LogP contribution in [0.1, 0.15) is 12.5 Å². The van der Waals surface area contributed by atoms with Crippen molar-refractivity contribution >= 4 is 23.2 Å². The zero-order valence-electron chi connectivity index (χ0n) is 16.0. The Kier molecular flexibility index (Phi) is 7.19. The third kappa shape index (κ3) is 6.00. The van der Waals surface area contributed by atoms with Crippen molar-refractivity contribution in [2.75, 3.05) is 38.4 Å². The van der Waals surface area contributed by atoms with Gasteiger partial charge in [0.05, 0.1) is 20.8 Å². The number of anilines is 2. The standard InChI is InChI=1S/C20H25N3O4/c1-14(24)21-16-8-10-17(11-9-16)22-19(25)13-23(2)12-15-6-5-7-18(26-3)20(15)27-4/h5-11H,12-13H2,1-4H3,(H,21,24)(H,22,25). The number of hydrogen-bond donors (Lipinski definition) is 2. The molecule has 0 spiro atoms. The zero-order valence-corrected chi connectivity index (χ0v) is 16.0. The molecule has 2 rings (SSSR count). The largest absolute Gasteiger partial charge is 0.493 e. The Hall–Kier alpha value is -3.06. The third-order valence-corrected chi connectivity index (χ3v) is 3.83. The molecule has 0 saturated heterocycles. The topological polar surface area (TPSA) is 79.9 Å². The molecule has 0 aromatic heterocycles. The predicted molar refractivity (Wildman–Crippen MR) is 105 cm³/mol. The van der Waals surface area contributed by atoms with Crippen molar-refractivity contribution in [3.8, 4) is 11.5 Å². The van der Waals surface area contributed by atoms with E-state index in [1.54, 1.807) is 38.5 Å². The number of nitrogens with one attached hydrogen (secondary N) is 2. The van der Waals surface area contributed by atoms with Crippen molar-refractivity contribution in [2.45, 2.75) is 13.5 Å². The smallest absolute Gasteiger partial charge is 0.238 e. The second-order valence-electron chi connectivity index (χ2n) is 6.13. The summed E-state index contributed by atoms with van der Waals surface area (Å²) in [7, 11) is 5.05. The average Bonchev–Trinajstić information content (AvgIpc) is 2.62. The van der Waals surface area contributed by atoms with Crippen LogP contribution in [-0.4, -0.2) is 44.5 Å². The summed E-state index contributed by atoms with van der Waals surface area (Å²) >= 11 is 0. The highest BCUT2D eigenvalue weighted by molar-refractivity contribution is 5.93. The Morgan fingerprint density at radius 2 is 1.59 bits per heavy atom. The summed E-state index contributed by atoms with van der Waals surface area (Å²) < 4.78 is 10.7. The number of carbonyl (C=O) groups is 2. The molecule has 0 aliphatic rings. The number of hydrogen-bond acceptors (Lipinski definition) is 5. The second-order valence-corrected chi connectivity index (χ2v) is 6.13. The van der Waals surface area contributed by atoms with E-state index >= 15 is 0 Å². The van der Waals surface area contributed by atoms with Crippen LogP contribution in [0.25, 0.3) is 0 Å². The van der Waals surface area contributed by atoms with E-state index < -0.39 is 0 Å². The first-order chi connectivity index (χ1) is 12.9. The maximum absolute atomic E-state index is 12.3. The van der Waals surface area contributed by atoms with E-state index in [1.807, 2.05) is 30.1 Å². The molecule has 0 aliphatic carbocycles. The van der Waals surface area contributed by atoms with E-state index in [4.69, 9.17) is 9.47 Å². The van der Waals surface area contributed by atoms with Crippen LogP contribution in [0, 0.1) is 0 Å². The number of nitrogens with zero attached hydrogens (tertiary/aromatic N) is 1. The van der Waals surface area contributed by atoms with E-state index in [0.29, 0.717) is 29.4 Å². The van der Waals surface area contributed by atoms with Crippen LogP contribution in [0.5, 0.6) is 11.5 Å². The number of para-hydroxylation sites is 1. The minimum atomic E-state index is -0.138. The molecule has 2 N–H and O–H groups in total. The van der Waals surface area contributed by atoms with Gasteiger partial charge in [0.2, 0.25) is 11.8 Å². The van der Waals surface area contributed by atoms with Crippen molar-refractivity contribution in [1.82, 2.24) is 4.90 Å². The molecule has 0 saturated carbocycles. The Labute approximate surface area is 159 Å². The third-order valence-electron chi connectivity index (χ3n) is 3.83. The van der Waals surface area contributed by atoms with Gasteiger partial charge in [-0.3, -0.25) is 14.5 Å². The van der Waals surface area contributed by atoms with E-state index in [-0.39, 0.29) is 18.4 Å². The molecular formula is C20H25N3O4. The van der Waals surface area contributed by atoms with Gasteiger partial charge in [-0.1, -0.05) is 12.1 Å². The first kappa shape index (κ1) is 20.3. The molecule has 0 atom stereocenters. The molecule has 0 bridgehead atoms. The molecule has 7 heteroatoms. The molecule has 2 amide bonds. The second kappa shape index (κ2) is 9.59. The number of methoxy groups -OCH3 is 2. The number of amides is 2. The summed E-state index contributed by atoms with van der Waals surface area (Å²) in [6.07, 6.45) is 0. The number of benzene rings is 2. The van der Waals surface area contributed by atoms with Crippen LogP contribution in [0.15, 0.2) is 42.5 Å². The lowest BCUT2D eigenvalue weighted by Gasteiger charge is -2.19. The van der Waals surface area contributed by atoms with Crippen molar-refractivity contribution in [1.29, 1.82) is 0 Å². The highest BCUT2D eigenvalue weighted by Crippen LogP contribution is 2.31. The van der Waals surface area contributed by atoms with Gasteiger partial charge in [0.25, 0.3) is 0 Å². The van der Waals surface area contributed by atoms with Gasteiger partial charge in [-0.05, 0) is 37.4 Å². The summed E-state index contributed by atoms with van der Waals surface area (Å²) in [5, 5.41) is 5.52. The number of rotatable bonds is 8. The van der Waals surface area contributed by atoms with E-state index in [1.165, 1.54) is 6.92 Å². The Bertz CT molecular complexity index is 790. The lowest BCUT2D eigenvalue weighted by atomic mass is 10.1. The molecule has 0 radical (unpaired) electrons. The van der Waals surface area contributed by atoms with Gasteiger partial charge >= 0.3 is 0 Å². The van der Waals surface area contributed by atoms with Gasteiger partial charge in [0.1, 0.15) is 0 Å². The molecule has 7 nitrogen and oxygen atoms in total. The van der Waals surface area contributed by atoms with Crippen LogP contribution in [0.2, 0.25) is 0 Å². The van der Waals surface area contributed by atoms with E-state index in [9.17, 15) is 9.59 Å². The first-order valence-corrected chi connectivity index (χ1v) is 8.49. The van der Waals surface area contributed by atoms with Crippen LogP contribution < -0.4 is 20.1 Å². The zero-order chi connectivity index (χ0) is 19.8. The fourth-order valence-electron chi connectivity index (χ4n) is 2.71. The van der Waals surface area contributed by atoms with Crippen LogP contribution in [0.3, 0.4) is 0 Å². The molecule has 2 aromatic carbocycles. The molecule has 27 heavy (non-hydrogen) atoms. The summed E-state index contributed by atoms with van der Waals surface area (Å²) in [5.74, 6) is 1.06. The Morgan fingerprint density at radius 3 is 2.15 bits per heavy atom. The van der Waals surface area contributed by atoms with Gasteiger partial charge in [-0.15, -0.1) is 0 Å². The van der Waals surface area contributed by atoms with Gasteiger partial charge in [-0.25, -0.2) is 0 Å². The Balaban J connectivity index is 1.93. The predicted octanol–water partition coefficient (Wildman–Crippen LogP) is 2.73. The van der Waals surface area contributed by atoms with Gasteiger partial charge < -0.3 is 20.1 Å².